The Hall–Kier alpha value is -1.26. The lowest BCUT2D eigenvalue weighted by Gasteiger charge is -2.07. The van der Waals surface area contributed by atoms with E-state index in [2.05, 4.69) is 5.73 Å². The van der Waals surface area contributed by atoms with Gasteiger partial charge in [0.15, 0.2) is 0 Å². The van der Waals surface area contributed by atoms with Crippen LogP contribution >= 0.6 is 0 Å². The van der Waals surface area contributed by atoms with Gasteiger partial charge >= 0.3 is 6.03 Å². The van der Waals surface area contributed by atoms with Crippen LogP contribution in [0, 0.1) is 0 Å². The predicted molar refractivity (Wildman–Crippen MR) is 45.5 cm³/mol. The molecule has 1 aliphatic heterocycles. The van der Waals surface area contributed by atoms with Crippen LogP contribution in [0.25, 0.3) is 0 Å². The van der Waals surface area contributed by atoms with Crippen molar-refractivity contribution >= 4 is 11.9 Å². The Balaban J connectivity index is 0.000000261. The van der Waals surface area contributed by atoms with E-state index >= 15 is 0 Å². The third kappa shape index (κ3) is 3.80. The fourth-order valence-corrected chi connectivity index (χ4v) is 0.783. The van der Waals surface area contributed by atoms with Crippen molar-refractivity contribution in [3.8, 4) is 0 Å². The molecule has 0 aromatic rings. The molecule has 12 heavy (non-hydrogen) atoms. The molecule has 0 atom stereocenters. The number of carbonyl (C=O) groups excluding carboxylic acids is 2. The van der Waals surface area contributed by atoms with Gasteiger partial charge in [-0.1, -0.05) is 0 Å². The van der Waals surface area contributed by atoms with E-state index in [1.54, 1.807) is 9.80 Å². The standard InChI is InChI=1S/C5H10N2O.C2H5NO/c1-6-3-4-7(2)5(6)8;1-2(3)4/h3-4H2,1-2H3;1H3,(H2,3,4). The Bertz CT molecular complexity index is 165. The molecule has 0 aliphatic carbocycles. The molecule has 2 N–H and O–H groups in total. The Kier molecular flexibility index (Phi) is 4.10. The van der Waals surface area contributed by atoms with Crippen molar-refractivity contribution in [3.05, 3.63) is 0 Å². The molecule has 0 aromatic carbocycles. The van der Waals surface area contributed by atoms with Crippen molar-refractivity contribution in [2.75, 3.05) is 27.2 Å². The van der Waals surface area contributed by atoms with E-state index in [0.29, 0.717) is 0 Å². The maximum atomic E-state index is 10.8. The molecule has 5 heteroatoms. The van der Waals surface area contributed by atoms with E-state index in [1.807, 2.05) is 14.1 Å². The summed E-state index contributed by atoms with van der Waals surface area (Å²) in [4.78, 5) is 23.4. The van der Waals surface area contributed by atoms with Gasteiger partial charge in [0.25, 0.3) is 0 Å². The summed E-state index contributed by atoms with van der Waals surface area (Å²) in [7, 11) is 3.62. The number of hydrogen-bond acceptors (Lipinski definition) is 2. The third-order valence-electron chi connectivity index (χ3n) is 1.42. The molecule has 0 unspecified atom stereocenters. The number of amides is 3. The normalized spacial score (nSPS) is 15.8. The summed E-state index contributed by atoms with van der Waals surface area (Å²) in [5.41, 5.74) is 4.47. The summed E-state index contributed by atoms with van der Waals surface area (Å²) >= 11 is 0. The maximum absolute atomic E-state index is 10.8. The lowest BCUT2D eigenvalue weighted by Crippen LogP contribution is -2.25. The highest BCUT2D eigenvalue weighted by Gasteiger charge is 2.20. The number of likely N-dealkylation sites (N-methyl/N-ethyl adjacent to an activating group) is 2. The fraction of sp³-hybridized carbons (Fsp3) is 0.714. The molecule has 1 aliphatic rings. The van der Waals surface area contributed by atoms with Gasteiger partial charge in [-0.15, -0.1) is 0 Å². The molecule has 1 saturated heterocycles. The Morgan fingerprint density at radius 3 is 1.67 bits per heavy atom. The zero-order valence-electron chi connectivity index (χ0n) is 7.70. The maximum Gasteiger partial charge on any atom is 0.319 e. The Labute approximate surface area is 72.1 Å². The SMILES string of the molecule is CC(N)=O.CN1CCN(C)C1=O. The number of nitrogens with two attached hydrogens (primary N) is 1. The summed E-state index contributed by atoms with van der Waals surface area (Å²) < 4.78 is 0. The minimum atomic E-state index is -0.333. The monoisotopic (exact) mass is 173 g/mol. The van der Waals surface area contributed by atoms with Gasteiger partial charge in [0.05, 0.1) is 0 Å². The van der Waals surface area contributed by atoms with Crippen LogP contribution in [0.3, 0.4) is 0 Å². The van der Waals surface area contributed by atoms with Crippen LogP contribution in [0.15, 0.2) is 0 Å². The molecule has 0 aromatic heterocycles. The Morgan fingerprint density at radius 1 is 1.33 bits per heavy atom. The van der Waals surface area contributed by atoms with Crippen LogP contribution in [0.4, 0.5) is 4.79 Å². The van der Waals surface area contributed by atoms with Gasteiger partial charge in [-0.3, -0.25) is 4.79 Å². The van der Waals surface area contributed by atoms with E-state index < -0.39 is 0 Å². The van der Waals surface area contributed by atoms with Crippen molar-refractivity contribution in [3.63, 3.8) is 0 Å². The molecule has 1 rings (SSSR count). The van der Waals surface area contributed by atoms with E-state index in [9.17, 15) is 9.59 Å². The second-order valence-corrected chi connectivity index (χ2v) is 2.74. The van der Waals surface area contributed by atoms with E-state index in [4.69, 9.17) is 0 Å². The summed E-state index contributed by atoms with van der Waals surface area (Å²) in [6, 6.07) is 0.130. The largest absolute Gasteiger partial charge is 0.370 e. The highest BCUT2D eigenvalue weighted by Crippen LogP contribution is 2.00. The second kappa shape index (κ2) is 4.58. The van der Waals surface area contributed by atoms with Crippen LogP contribution in [-0.4, -0.2) is 48.9 Å². The first kappa shape index (κ1) is 10.7. The van der Waals surface area contributed by atoms with Gasteiger partial charge < -0.3 is 15.5 Å². The third-order valence-corrected chi connectivity index (χ3v) is 1.42. The molecule has 0 bridgehead atoms. The average Bonchev–Trinajstić information content (AvgIpc) is 2.19. The fourth-order valence-electron chi connectivity index (χ4n) is 0.783. The van der Waals surface area contributed by atoms with Crippen LogP contribution in [-0.2, 0) is 4.79 Å². The van der Waals surface area contributed by atoms with Gasteiger partial charge in [-0.25, -0.2) is 4.79 Å². The van der Waals surface area contributed by atoms with Crippen LogP contribution in [0.2, 0.25) is 0 Å². The summed E-state index contributed by atoms with van der Waals surface area (Å²) in [5.74, 6) is -0.333. The molecule has 0 spiro atoms. The quantitative estimate of drug-likeness (QED) is 0.535. The van der Waals surface area contributed by atoms with Crippen LogP contribution in [0.1, 0.15) is 6.92 Å². The number of nitrogens with zero attached hydrogens (tertiary/aromatic N) is 2. The average molecular weight is 173 g/mol. The minimum Gasteiger partial charge on any atom is -0.370 e. The summed E-state index contributed by atoms with van der Waals surface area (Å²) in [6.07, 6.45) is 0. The van der Waals surface area contributed by atoms with Crippen molar-refractivity contribution in [1.29, 1.82) is 0 Å². The molecule has 3 amide bonds. The van der Waals surface area contributed by atoms with Crippen molar-refractivity contribution < 1.29 is 9.59 Å². The van der Waals surface area contributed by atoms with Gasteiger partial charge in [0, 0.05) is 34.1 Å². The number of hydrogen-bond donors (Lipinski definition) is 1. The van der Waals surface area contributed by atoms with Gasteiger partial charge in [0.2, 0.25) is 5.91 Å². The van der Waals surface area contributed by atoms with Crippen molar-refractivity contribution in [1.82, 2.24) is 9.80 Å². The minimum absolute atomic E-state index is 0.130. The smallest absolute Gasteiger partial charge is 0.319 e. The number of urea groups is 1. The van der Waals surface area contributed by atoms with E-state index in [0.717, 1.165) is 13.1 Å². The summed E-state index contributed by atoms with van der Waals surface area (Å²) in [5, 5.41) is 0. The zero-order chi connectivity index (χ0) is 9.72. The van der Waals surface area contributed by atoms with Crippen LogP contribution in [0.5, 0.6) is 0 Å². The molecule has 5 nitrogen and oxygen atoms in total. The topological polar surface area (TPSA) is 66.6 Å². The first-order chi connectivity index (χ1) is 5.45. The molecule has 0 radical (unpaired) electrons. The van der Waals surface area contributed by atoms with Crippen molar-refractivity contribution in [2.45, 2.75) is 6.92 Å². The Morgan fingerprint density at radius 2 is 1.58 bits per heavy atom. The molecular formula is C7H15N3O2. The predicted octanol–water partition coefficient (Wildman–Crippen LogP) is -0.525. The van der Waals surface area contributed by atoms with Crippen molar-refractivity contribution in [2.24, 2.45) is 5.73 Å². The first-order valence-corrected chi connectivity index (χ1v) is 3.67. The zero-order valence-corrected chi connectivity index (χ0v) is 7.70. The van der Waals surface area contributed by atoms with Gasteiger partial charge in [0.1, 0.15) is 0 Å². The van der Waals surface area contributed by atoms with Gasteiger partial charge in [-0.2, -0.15) is 0 Å². The lowest BCUT2D eigenvalue weighted by atomic mass is 10.6. The summed E-state index contributed by atoms with van der Waals surface area (Å²) in [6.45, 7) is 3.05. The number of rotatable bonds is 0. The molecule has 1 fully saturated rings. The number of carbonyl (C=O) groups is 2. The molecular weight excluding hydrogens is 158 g/mol. The molecule has 70 valence electrons. The van der Waals surface area contributed by atoms with Crippen LogP contribution < -0.4 is 5.73 Å². The molecule has 1 heterocycles. The highest BCUT2D eigenvalue weighted by molar-refractivity contribution is 5.75. The van der Waals surface area contributed by atoms with Gasteiger partial charge in [-0.05, 0) is 0 Å². The van der Waals surface area contributed by atoms with E-state index in [-0.39, 0.29) is 11.9 Å². The molecule has 0 saturated carbocycles. The lowest BCUT2D eigenvalue weighted by molar-refractivity contribution is -0.115. The number of primary amides is 1. The highest BCUT2D eigenvalue weighted by atomic mass is 16.2. The van der Waals surface area contributed by atoms with E-state index in [1.165, 1.54) is 6.92 Å². The first-order valence-electron chi connectivity index (χ1n) is 3.67. The second-order valence-electron chi connectivity index (χ2n) is 2.74.